The van der Waals surface area contributed by atoms with E-state index < -0.39 is 22.8 Å². The smallest absolute Gasteiger partial charge is 0.272 e. The molecule has 0 radical (unpaired) electrons. The first-order valence-electron chi connectivity index (χ1n) is 11.7. The SMILES string of the molecule is CCC(c1nc(/C=c2\[nH]c(=O)/c(=C/c3cc(F)cc(F)c3)[nH]c2=O)c(C(C)C)[nH]1)C1COCCN1. The minimum Gasteiger partial charge on any atom is -0.378 e. The minimum absolute atomic E-state index is 0.0321. The van der Waals surface area contributed by atoms with Gasteiger partial charge in [-0.05, 0) is 42.2 Å². The van der Waals surface area contributed by atoms with Crippen LogP contribution in [0.4, 0.5) is 8.78 Å². The summed E-state index contributed by atoms with van der Waals surface area (Å²) in [5, 5.41) is 3.40. The van der Waals surface area contributed by atoms with Crippen LogP contribution in [0.5, 0.6) is 0 Å². The van der Waals surface area contributed by atoms with Crippen LogP contribution in [0.25, 0.3) is 12.2 Å². The molecule has 2 unspecified atom stereocenters. The highest BCUT2D eigenvalue weighted by molar-refractivity contribution is 5.49. The van der Waals surface area contributed by atoms with Crippen molar-refractivity contribution < 1.29 is 13.5 Å². The van der Waals surface area contributed by atoms with Gasteiger partial charge in [0, 0.05) is 30.3 Å². The maximum absolute atomic E-state index is 13.5. The van der Waals surface area contributed by atoms with Gasteiger partial charge >= 0.3 is 0 Å². The Morgan fingerprint density at radius 1 is 1.06 bits per heavy atom. The van der Waals surface area contributed by atoms with Crippen LogP contribution >= 0.6 is 0 Å². The predicted molar refractivity (Wildman–Crippen MR) is 129 cm³/mol. The van der Waals surface area contributed by atoms with Crippen molar-refractivity contribution >= 4 is 12.2 Å². The summed E-state index contributed by atoms with van der Waals surface area (Å²) < 4.78 is 32.6. The first-order chi connectivity index (χ1) is 16.7. The van der Waals surface area contributed by atoms with Gasteiger partial charge in [-0.15, -0.1) is 0 Å². The number of hydrogen-bond donors (Lipinski definition) is 4. The number of imidazole rings is 1. The molecule has 2 aromatic heterocycles. The van der Waals surface area contributed by atoms with Gasteiger partial charge in [-0.1, -0.05) is 20.8 Å². The van der Waals surface area contributed by atoms with Crippen molar-refractivity contribution in [2.45, 2.75) is 45.1 Å². The second kappa shape index (κ2) is 10.5. The maximum Gasteiger partial charge on any atom is 0.272 e. The zero-order chi connectivity index (χ0) is 25.1. The average Bonchev–Trinajstić information content (AvgIpc) is 3.21. The fraction of sp³-hybridized carbons (Fsp3) is 0.400. The van der Waals surface area contributed by atoms with E-state index in [1.807, 2.05) is 13.8 Å². The first kappa shape index (κ1) is 24.7. The summed E-state index contributed by atoms with van der Waals surface area (Å²) >= 11 is 0. The van der Waals surface area contributed by atoms with E-state index in [2.05, 4.69) is 27.2 Å². The molecule has 1 aliphatic rings. The van der Waals surface area contributed by atoms with Gasteiger partial charge in [0.25, 0.3) is 11.1 Å². The van der Waals surface area contributed by atoms with Crippen molar-refractivity contribution in [1.82, 2.24) is 25.3 Å². The number of rotatable bonds is 6. The molecule has 0 bridgehead atoms. The van der Waals surface area contributed by atoms with Crippen LogP contribution in [0, 0.1) is 11.6 Å². The Morgan fingerprint density at radius 2 is 1.71 bits per heavy atom. The second-order valence-corrected chi connectivity index (χ2v) is 8.95. The van der Waals surface area contributed by atoms with Crippen molar-refractivity contribution in [3.63, 3.8) is 0 Å². The standard InChI is InChI=1S/C25H29F2N5O3/c1-4-17(21-12-35-6-5-28-21)23-29-18(22(32-23)13(2)3)11-20-25(34)30-19(24(33)31-20)9-14-7-15(26)10-16(27)8-14/h7-11,13,17,21,28H,4-6,12H2,1-3H3,(H,29,32)(H,30,34)(H,31,33)/b19-9-,20-11-. The zero-order valence-corrected chi connectivity index (χ0v) is 19.9. The largest absolute Gasteiger partial charge is 0.378 e. The Labute approximate surface area is 200 Å². The molecular formula is C25H29F2N5O3. The van der Waals surface area contributed by atoms with Crippen LogP contribution in [0.2, 0.25) is 0 Å². The van der Waals surface area contributed by atoms with Crippen LogP contribution < -0.4 is 27.1 Å². The van der Waals surface area contributed by atoms with Gasteiger partial charge in [0.15, 0.2) is 0 Å². The molecule has 0 amide bonds. The van der Waals surface area contributed by atoms with Gasteiger partial charge < -0.3 is 25.0 Å². The number of morpholine rings is 1. The van der Waals surface area contributed by atoms with Gasteiger partial charge in [0.1, 0.15) is 28.2 Å². The van der Waals surface area contributed by atoms with Crippen molar-refractivity contribution in [2.75, 3.05) is 19.8 Å². The van der Waals surface area contributed by atoms with Gasteiger partial charge in [-0.25, -0.2) is 13.8 Å². The van der Waals surface area contributed by atoms with E-state index in [0.717, 1.165) is 42.7 Å². The van der Waals surface area contributed by atoms with E-state index in [0.29, 0.717) is 18.9 Å². The zero-order valence-electron chi connectivity index (χ0n) is 19.9. The van der Waals surface area contributed by atoms with Crippen molar-refractivity contribution in [1.29, 1.82) is 0 Å². The number of aromatic nitrogens is 4. The average molecular weight is 486 g/mol. The van der Waals surface area contributed by atoms with Crippen LogP contribution in [0.15, 0.2) is 27.8 Å². The van der Waals surface area contributed by atoms with Crippen LogP contribution in [-0.4, -0.2) is 45.7 Å². The molecule has 3 heterocycles. The monoisotopic (exact) mass is 485 g/mol. The van der Waals surface area contributed by atoms with Crippen molar-refractivity contribution in [3.8, 4) is 0 Å². The quantitative estimate of drug-likeness (QED) is 0.421. The second-order valence-electron chi connectivity index (χ2n) is 8.95. The molecule has 4 N–H and O–H groups in total. The number of nitrogens with one attached hydrogen (secondary N) is 4. The number of H-pyrrole nitrogens is 3. The highest BCUT2D eigenvalue weighted by Gasteiger charge is 2.27. The van der Waals surface area contributed by atoms with Crippen LogP contribution in [0.1, 0.15) is 61.8 Å². The van der Waals surface area contributed by atoms with Gasteiger partial charge in [-0.2, -0.15) is 0 Å². The number of halogens is 2. The fourth-order valence-corrected chi connectivity index (χ4v) is 4.32. The molecule has 4 rings (SSSR count). The van der Waals surface area contributed by atoms with E-state index in [9.17, 15) is 18.4 Å². The van der Waals surface area contributed by atoms with E-state index >= 15 is 0 Å². The van der Waals surface area contributed by atoms with Crippen molar-refractivity contribution in [3.05, 3.63) is 84.0 Å². The third-order valence-electron chi connectivity index (χ3n) is 6.05. The topological polar surface area (TPSA) is 116 Å². The Kier molecular flexibility index (Phi) is 7.42. The summed E-state index contributed by atoms with van der Waals surface area (Å²) in [5.74, 6) is -0.582. The summed E-state index contributed by atoms with van der Waals surface area (Å²) in [6, 6.07) is 2.99. The normalized spacial score (nSPS) is 18.4. The molecule has 1 fully saturated rings. The molecule has 3 aromatic rings. The predicted octanol–water partition coefficient (Wildman–Crippen LogP) is 1.33. The molecule has 2 atom stereocenters. The molecule has 35 heavy (non-hydrogen) atoms. The molecule has 8 nitrogen and oxygen atoms in total. The lowest BCUT2D eigenvalue weighted by Crippen LogP contribution is -2.46. The molecule has 10 heteroatoms. The highest BCUT2D eigenvalue weighted by atomic mass is 19.1. The molecule has 0 spiro atoms. The molecule has 1 aromatic carbocycles. The number of aromatic amines is 3. The number of ether oxygens (including phenoxy) is 1. The first-order valence-corrected chi connectivity index (χ1v) is 11.7. The summed E-state index contributed by atoms with van der Waals surface area (Å²) in [6.45, 7) is 8.17. The lowest BCUT2D eigenvalue weighted by molar-refractivity contribution is 0.0664. The molecule has 1 aliphatic heterocycles. The van der Waals surface area contributed by atoms with Gasteiger partial charge in [0.05, 0.1) is 18.9 Å². The number of hydrogen-bond acceptors (Lipinski definition) is 5. The summed E-state index contributed by atoms with van der Waals surface area (Å²) in [7, 11) is 0. The van der Waals surface area contributed by atoms with E-state index in [-0.39, 0.29) is 34.1 Å². The Bertz CT molecular complexity index is 1410. The summed E-state index contributed by atoms with van der Waals surface area (Å²) in [4.78, 5) is 38.6. The Hall–Kier alpha value is -3.37. The number of benzene rings is 1. The molecule has 0 aliphatic carbocycles. The van der Waals surface area contributed by atoms with E-state index in [4.69, 9.17) is 9.72 Å². The van der Waals surface area contributed by atoms with Gasteiger partial charge in [-0.3, -0.25) is 9.59 Å². The van der Waals surface area contributed by atoms with Crippen molar-refractivity contribution in [2.24, 2.45) is 0 Å². The highest BCUT2D eigenvalue weighted by Crippen LogP contribution is 2.26. The molecular weight excluding hydrogens is 456 g/mol. The van der Waals surface area contributed by atoms with E-state index in [1.54, 1.807) is 6.08 Å². The number of nitrogens with zero attached hydrogens (tertiary/aromatic N) is 1. The summed E-state index contributed by atoms with van der Waals surface area (Å²) in [6.07, 6.45) is 3.60. The van der Waals surface area contributed by atoms with Gasteiger partial charge in [0.2, 0.25) is 0 Å². The maximum atomic E-state index is 13.5. The third-order valence-corrected chi connectivity index (χ3v) is 6.05. The van der Waals surface area contributed by atoms with Crippen LogP contribution in [-0.2, 0) is 4.74 Å². The lowest BCUT2D eigenvalue weighted by atomic mass is 9.96. The van der Waals surface area contributed by atoms with Crippen LogP contribution in [0.3, 0.4) is 0 Å². The summed E-state index contributed by atoms with van der Waals surface area (Å²) in [5.41, 5.74) is 0.376. The lowest BCUT2D eigenvalue weighted by Gasteiger charge is -2.29. The molecule has 186 valence electrons. The third kappa shape index (κ3) is 5.66. The Morgan fingerprint density at radius 3 is 2.29 bits per heavy atom. The van der Waals surface area contributed by atoms with E-state index in [1.165, 1.54) is 6.08 Å². The molecule has 1 saturated heterocycles. The minimum atomic E-state index is -0.782. The molecule has 0 saturated carbocycles. The Balaban J connectivity index is 1.76. The fourth-order valence-electron chi connectivity index (χ4n) is 4.32.